The number of amidine groups is 1. The van der Waals surface area contributed by atoms with E-state index >= 15 is 0 Å². The van der Waals surface area contributed by atoms with E-state index < -0.39 is 0 Å². The maximum absolute atomic E-state index is 5.23. The maximum Gasteiger partial charge on any atom is 0.131 e. The highest BCUT2D eigenvalue weighted by molar-refractivity contribution is 8.00. The highest BCUT2D eigenvalue weighted by Crippen LogP contribution is 2.51. The lowest BCUT2D eigenvalue weighted by Gasteiger charge is -2.32. The molecule has 2 aliphatic carbocycles. The van der Waals surface area contributed by atoms with Crippen molar-refractivity contribution in [3.05, 3.63) is 203 Å². The summed E-state index contributed by atoms with van der Waals surface area (Å²) in [6.07, 6.45) is 14.0. The van der Waals surface area contributed by atoms with Crippen molar-refractivity contribution in [3.8, 4) is 5.69 Å². The highest BCUT2D eigenvalue weighted by Gasteiger charge is 2.34. The Kier molecular flexibility index (Phi) is 7.78. The second-order valence-corrected chi connectivity index (χ2v) is 17.7. The average Bonchev–Trinajstić information content (AvgIpc) is 3.95. The van der Waals surface area contributed by atoms with Gasteiger partial charge in [0.05, 0.1) is 5.52 Å². The van der Waals surface area contributed by atoms with E-state index in [9.17, 15) is 0 Å². The molecule has 2 aromatic heterocycles. The van der Waals surface area contributed by atoms with Crippen molar-refractivity contribution in [2.24, 2.45) is 4.99 Å². The van der Waals surface area contributed by atoms with E-state index in [0.29, 0.717) is 11.2 Å². The van der Waals surface area contributed by atoms with Crippen molar-refractivity contribution in [3.63, 3.8) is 0 Å². The lowest BCUT2D eigenvalue weighted by molar-refractivity contribution is 0.409. The third-order valence-electron chi connectivity index (χ3n) is 12.1. The maximum atomic E-state index is 5.23. The van der Waals surface area contributed by atoms with Crippen LogP contribution in [0.15, 0.2) is 174 Å². The van der Waals surface area contributed by atoms with Crippen LogP contribution in [0.3, 0.4) is 0 Å². The quantitative estimate of drug-likeness (QED) is 0.183. The minimum Gasteiger partial charge on any atom is -0.350 e. The molecular formula is C51H38N4S2. The largest absolute Gasteiger partial charge is 0.350 e. The first-order valence-electron chi connectivity index (χ1n) is 19.9. The number of nitrogens with one attached hydrogen (secondary N) is 2. The Balaban J connectivity index is 0.874. The molecule has 8 aromatic rings. The molecule has 4 heterocycles. The molecule has 4 nitrogen and oxygen atoms in total. The van der Waals surface area contributed by atoms with Crippen molar-refractivity contribution in [2.75, 3.05) is 0 Å². The third kappa shape index (κ3) is 5.50. The fraction of sp³-hybridized carbons (Fsp3) is 0.118. The number of fused-ring (bicyclic) bond motifs is 9. The summed E-state index contributed by atoms with van der Waals surface area (Å²) in [5, 5.41) is 11.8. The molecule has 6 heteroatoms. The van der Waals surface area contributed by atoms with Crippen LogP contribution in [0.4, 0.5) is 0 Å². The minimum atomic E-state index is -0.150. The van der Waals surface area contributed by atoms with E-state index in [4.69, 9.17) is 4.99 Å². The molecule has 0 saturated heterocycles. The summed E-state index contributed by atoms with van der Waals surface area (Å²) in [7, 11) is 0. The van der Waals surface area contributed by atoms with Crippen LogP contribution >= 0.6 is 23.1 Å². The van der Waals surface area contributed by atoms with E-state index in [1.807, 2.05) is 23.1 Å². The molecule has 2 N–H and O–H groups in total. The third-order valence-corrected chi connectivity index (χ3v) is 14.7. The van der Waals surface area contributed by atoms with Gasteiger partial charge >= 0.3 is 0 Å². The smallest absolute Gasteiger partial charge is 0.131 e. The van der Waals surface area contributed by atoms with Gasteiger partial charge in [-0.25, -0.2) is 4.99 Å². The molecule has 0 bridgehead atoms. The second kappa shape index (κ2) is 13.3. The Morgan fingerprint density at radius 1 is 0.719 bits per heavy atom. The number of thioether (sulfide) groups is 1. The van der Waals surface area contributed by atoms with Gasteiger partial charge in [0.1, 0.15) is 18.2 Å². The summed E-state index contributed by atoms with van der Waals surface area (Å²) in [5.41, 5.74) is 12.8. The van der Waals surface area contributed by atoms with Crippen molar-refractivity contribution in [1.82, 2.24) is 15.2 Å². The summed E-state index contributed by atoms with van der Waals surface area (Å²) < 4.78 is 5.16. The molecule has 6 aromatic carbocycles. The molecule has 2 aliphatic heterocycles. The number of aromatic nitrogens is 1. The van der Waals surface area contributed by atoms with Crippen molar-refractivity contribution in [2.45, 2.75) is 41.2 Å². The molecule has 0 fully saturated rings. The standard InChI is InChI=1S/C51H38N4S2/c1-3-12-31(13-4-1)49-52-50(32-14-5-2-6-15-32)54-51(53-49)34-23-26-45-41(28-34)39-25-22-33(29-47(39)56-45)36-18-11-19-40-42-30-35(24-27-46(42)57-48(36)40)55-43-20-9-7-16-37(43)38-17-8-10-21-44(38)55/h1-7,9-16,18-30,39,47,49-50,52H,8,17H2,(H,53,54). The predicted octanol–water partition coefficient (Wildman–Crippen LogP) is 12.5. The number of rotatable bonds is 5. The van der Waals surface area contributed by atoms with Gasteiger partial charge in [0.25, 0.3) is 0 Å². The Morgan fingerprint density at radius 2 is 1.54 bits per heavy atom. The SMILES string of the molecule is C1=Cc2c(c3ccccc3n2-c2ccc3sc4c(C5=CC6Sc7ccc(C8=NC(c9ccccc9)NC(c9ccccc9)N8)cc7C6C=C5)cccc4c3c2)CC1. The summed E-state index contributed by atoms with van der Waals surface area (Å²) >= 11 is 3.90. The van der Waals surface area contributed by atoms with E-state index in [2.05, 4.69) is 185 Å². The van der Waals surface area contributed by atoms with Crippen molar-refractivity contribution in [1.29, 1.82) is 0 Å². The Hall–Kier alpha value is -5.92. The van der Waals surface area contributed by atoms with Gasteiger partial charge in [-0.1, -0.05) is 127 Å². The number of nitrogens with zero attached hydrogens (tertiary/aromatic N) is 2. The minimum absolute atomic E-state index is 0.0567. The zero-order valence-electron chi connectivity index (χ0n) is 31.1. The number of aliphatic imine (C=N–C) groups is 1. The van der Waals surface area contributed by atoms with Crippen LogP contribution in [-0.4, -0.2) is 15.7 Å². The Labute approximate surface area is 340 Å². The molecule has 0 radical (unpaired) electrons. The van der Waals surface area contributed by atoms with E-state index in [1.165, 1.54) is 75.2 Å². The van der Waals surface area contributed by atoms with Gasteiger partial charge < -0.3 is 9.88 Å². The number of para-hydroxylation sites is 1. The molecule has 4 atom stereocenters. The second-order valence-electron chi connectivity index (χ2n) is 15.4. The van der Waals surface area contributed by atoms with Gasteiger partial charge in [0, 0.05) is 58.6 Å². The summed E-state index contributed by atoms with van der Waals surface area (Å²) in [6, 6.07) is 50.9. The predicted molar refractivity (Wildman–Crippen MR) is 241 cm³/mol. The zero-order valence-corrected chi connectivity index (χ0v) is 32.7. The van der Waals surface area contributed by atoms with Gasteiger partial charge in [-0.15, -0.1) is 23.1 Å². The fourth-order valence-electron chi connectivity index (χ4n) is 9.38. The molecule has 274 valence electrons. The van der Waals surface area contributed by atoms with E-state index in [-0.39, 0.29) is 12.3 Å². The number of hydrogen-bond donors (Lipinski definition) is 2. The average molecular weight is 771 g/mol. The molecule has 0 spiro atoms. The Morgan fingerprint density at radius 3 is 2.44 bits per heavy atom. The normalized spacial score (nSPS) is 20.9. The van der Waals surface area contributed by atoms with Gasteiger partial charge in [0.15, 0.2) is 0 Å². The van der Waals surface area contributed by atoms with Gasteiger partial charge in [-0.3, -0.25) is 5.32 Å². The van der Waals surface area contributed by atoms with Gasteiger partial charge in [0.2, 0.25) is 0 Å². The molecule has 57 heavy (non-hydrogen) atoms. The first-order chi connectivity index (χ1) is 28.2. The molecule has 0 saturated carbocycles. The number of hydrogen-bond acceptors (Lipinski definition) is 5. The zero-order chi connectivity index (χ0) is 37.5. The van der Waals surface area contributed by atoms with Crippen LogP contribution in [0.25, 0.3) is 48.4 Å². The van der Waals surface area contributed by atoms with Crippen LogP contribution in [0.2, 0.25) is 0 Å². The first-order valence-corrected chi connectivity index (χ1v) is 21.6. The molecule has 4 aliphatic rings. The van der Waals surface area contributed by atoms with E-state index in [0.717, 1.165) is 29.8 Å². The molecule has 4 unspecified atom stereocenters. The summed E-state index contributed by atoms with van der Waals surface area (Å²) in [4.78, 5) is 6.59. The Bertz CT molecular complexity index is 3020. The summed E-state index contributed by atoms with van der Waals surface area (Å²) in [5.74, 6) is 1.23. The number of aryl methyl sites for hydroxylation is 1. The lowest BCUT2D eigenvalue weighted by Crippen LogP contribution is -2.45. The summed E-state index contributed by atoms with van der Waals surface area (Å²) in [6.45, 7) is 0. The van der Waals surface area contributed by atoms with Gasteiger partial charge in [-0.2, -0.15) is 0 Å². The molecular weight excluding hydrogens is 733 g/mol. The van der Waals surface area contributed by atoms with Gasteiger partial charge in [-0.05, 0) is 88.7 Å². The van der Waals surface area contributed by atoms with Crippen LogP contribution in [0.1, 0.15) is 63.7 Å². The van der Waals surface area contributed by atoms with Crippen LogP contribution < -0.4 is 10.6 Å². The highest BCUT2D eigenvalue weighted by atomic mass is 32.2. The van der Waals surface area contributed by atoms with Crippen LogP contribution in [-0.2, 0) is 6.42 Å². The number of benzene rings is 6. The number of allylic oxidation sites excluding steroid dienone is 4. The monoisotopic (exact) mass is 770 g/mol. The van der Waals surface area contributed by atoms with Crippen molar-refractivity contribution >= 4 is 71.7 Å². The van der Waals surface area contributed by atoms with Crippen LogP contribution in [0, 0.1) is 0 Å². The van der Waals surface area contributed by atoms with Crippen LogP contribution in [0.5, 0.6) is 0 Å². The topological polar surface area (TPSA) is 41.4 Å². The first kappa shape index (κ1) is 33.2. The fourth-order valence-corrected chi connectivity index (χ4v) is 12.0. The molecule has 12 rings (SSSR count). The lowest BCUT2D eigenvalue weighted by atomic mass is 9.87. The van der Waals surface area contributed by atoms with Crippen molar-refractivity contribution < 1.29 is 0 Å². The number of thiophene rings is 1. The molecule has 0 amide bonds. The van der Waals surface area contributed by atoms with E-state index in [1.54, 1.807) is 0 Å².